The van der Waals surface area contributed by atoms with Gasteiger partial charge in [0, 0.05) is 17.6 Å². The fourth-order valence-electron chi connectivity index (χ4n) is 3.66. The quantitative estimate of drug-likeness (QED) is 0.232. The minimum atomic E-state index is -0.440. The lowest BCUT2D eigenvalue weighted by molar-refractivity contribution is -0.113. The van der Waals surface area contributed by atoms with Gasteiger partial charge in [0.05, 0.1) is 22.4 Å². The maximum atomic E-state index is 12.7. The molecule has 0 unspecified atom stereocenters. The molecule has 0 saturated heterocycles. The highest BCUT2D eigenvalue weighted by Gasteiger charge is 2.21. The highest BCUT2D eigenvalue weighted by molar-refractivity contribution is 7.99. The van der Waals surface area contributed by atoms with Gasteiger partial charge in [-0.15, -0.1) is 16.8 Å². The Kier molecular flexibility index (Phi) is 7.84. The number of fused-ring (bicyclic) bond motifs is 1. The molecule has 1 heterocycles. The number of hydrogen-bond donors (Lipinski definition) is 2. The maximum Gasteiger partial charge on any atom is 0.253 e. The summed E-state index contributed by atoms with van der Waals surface area (Å²) in [5.74, 6) is 0.252. The molecule has 0 bridgehead atoms. The minimum absolute atomic E-state index is 0.152. The Bertz CT molecular complexity index is 1380. The second-order valence-electron chi connectivity index (χ2n) is 7.78. The number of allylic oxidation sites excluding steroid dienone is 1. The average Bonchev–Trinajstić information content (AvgIpc) is 3.26. The molecule has 0 saturated carbocycles. The number of amides is 2. The summed E-state index contributed by atoms with van der Waals surface area (Å²) < 4.78 is 1.83. The zero-order chi connectivity index (χ0) is 24.8. The molecule has 4 rings (SSSR count). The summed E-state index contributed by atoms with van der Waals surface area (Å²) in [5, 5.41) is 17.4. The van der Waals surface area contributed by atoms with E-state index in [1.807, 2.05) is 54.0 Å². The number of nitrogens with zero attached hydrogens (tertiary/aromatic N) is 3. The molecule has 1 atom stereocenters. The number of carbonyl (C=O) groups is 2. The molecule has 0 aliphatic carbocycles. The van der Waals surface area contributed by atoms with E-state index in [4.69, 9.17) is 11.6 Å². The minimum Gasteiger partial charge on any atom is -0.342 e. The van der Waals surface area contributed by atoms with Crippen LogP contribution in [0.5, 0.6) is 0 Å². The van der Waals surface area contributed by atoms with Crippen molar-refractivity contribution in [3.8, 4) is 0 Å². The van der Waals surface area contributed by atoms with Crippen molar-refractivity contribution in [2.24, 2.45) is 0 Å². The Balaban J connectivity index is 1.44. The van der Waals surface area contributed by atoms with Crippen LogP contribution < -0.4 is 10.6 Å². The van der Waals surface area contributed by atoms with Gasteiger partial charge in [-0.1, -0.05) is 78.0 Å². The molecule has 3 aromatic carbocycles. The van der Waals surface area contributed by atoms with Gasteiger partial charge < -0.3 is 15.2 Å². The predicted octanol–water partition coefficient (Wildman–Crippen LogP) is 5.49. The van der Waals surface area contributed by atoms with Crippen LogP contribution in [-0.4, -0.2) is 32.3 Å². The van der Waals surface area contributed by atoms with Gasteiger partial charge in [0.25, 0.3) is 5.91 Å². The van der Waals surface area contributed by atoms with Crippen LogP contribution >= 0.6 is 23.4 Å². The highest BCUT2D eigenvalue weighted by atomic mass is 35.5. The lowest BCUT2D eigenvalue weighted by Gasteiger charge is -2.15. The van der Waals surface area contributed by atoms with Crippen LogP contribution in [0.2, 0.25) is 5.02 Å². The molecule has 35 heavy (non-hydrogen) atoms. The van der Waals surface area contributed by atoms with Gasteiger partial charge in [-0.05, 0) is 30.5 Å². The summed E-state index contributed by atoms with van der Waals surface area (Å²) in [6.07, 6.45) is 1.72. The molecule has 2 N–H and O–H groups in total. The number of thioether (sulfide) groups is 1. The van der Waals surface area contributed by atoms with Crippen molar-refractivity contribution in [2.75, 3.05) is 11.1 Å². The second kappa shape index (κ2) is 11.2. The fraction of sp³-hybridized carbons (Fsp3) is 0.154. The topological polar surface area (TPSA) is 88.9 Å². The molecule has 0 fully saturated rings. The van der Waals surface area contributed by atoms with Gasteiger partial charge in [-0.25, -0.2) is 0 Å². The summed E-state index contributed by atoms with van der Waals surface area (Å²) in [4.78, 5) is 25.4. The third-order valence-corrected chi connectivity index (χ3v) is 6.60. The molecule has 0 radical (unpaired) electrons. The van der Waals surface area contributed by atoms with Crippen LogP contribution in [0.4, 0.5) is 5.69 Å². The Morgan fingerprint density at radius 3 is 2.63 bits per heavy atom. The molecule has 0 aliphatic rings. The second-order valence-corrected chi connectivity index (χ2v) is 9.13. The molecule has 0 aliphatic heterocycles. The molecule has 178 valence electrons. The average molecular weight is 506 g/mol. The van der Waals surface area contributed by atoms with E-state index in [1.165, 1.54) is 11.8 Å². The van der Waals surface area contributed by atoms with Crippen molar-refractivity contribution in [1.82, 2.24) is 20.1 Å². The van der Waals surface area contributed by atoms with E-state index < -0.39 is 6.04 Å². The Morgan fingerprint density at radius 2 is 1.83 bits per heavy atom. The number of nitrogens with one attached hydrogen (secondary N) is 2. The van der Waals surface area contributed by atoms with Gasteiger partial charge in [0.1, 0.15) is 0 Å². The lowest BCUT2D eigenvalue weighted by Crippen LogP contribution is -2.29. The van der Waals surface area contributed by atoms with Crippen LogP contribution in [-0.2, 0) is 11.3 Å². The molecule has 1 aromatic heterocycles. The lowest BCUT2D eigenvalue weighted by atomic mass is 10.1. The number of halogens is 1. The fourth-order valence-corrected chi connectivity index (χ4v) is 4.64. The van der Waals surface area contributed by atoms with Crippen LogP contribution in [0.3, 0.4) is 0 Å². The molecular formula is C26H24ClN5O2S. The van der Waals surface area contributed by atoms with Crippen LogP contribution in [0, 0.1) is 0 Å². The first-order chi connectivity index (χ1) is 17.0. The molecule has 2 amide bonds. The number of benzene rings is 3. The van der Waals surface area contributed by atoms with Crippen molar-refractivity contribution < 1.29 is 9.59 Å². The van der Waals surface area contributed by atoms with Gasteiger partial charge in [0.2, 0.25) is 5.91 Å². The molecule has 9 heteroatoms. The molecular weight excluding hydrogens is 482 g/mol. The van der Waals surface area contributed by atoms with E-state index in [-0.39, 0.29) is 17.6 Å². The third-order valence-electron chi connectivity index (χ3n) is 5.31. The summed E-state index contributed by atoms with van der Waals surface area (Å²) in [6, 6.07) is 20.1. The number of carbonyl (C=O) groups excluding carboxylic acids is 2. The number of aromatic nitrogens is 3. The summed E-state index contributed by atoms with van der Waals surface area (Å²) >= 11 is 7.42. The summed E-state index contributed by atoms with van der Waals surface area (Å²) in [6.45, 7) is 6.06. The van der Waals surface area contributed by atoms with Gasteiger partial charge >= 0.3 is 0 Å². The first-order valence-corrected chi connectivity index (χ1v) is 12.3. The SMILES string of the molecule is C=CCn1c(SCC(=O)Nc2cccc3ccccc23)nnc1[C@H](C)NC(=O)c1ccccc1Cl. The van der Waals surface area contributed by atoms with Crippen molar-refractivity contribution in [1.29, 1.82) is 0 Å². The van der Waals surface area contributed by atoms with Crippen LogP contribution in [0.25, 0.3) is 10.8 Å². The Hall–Kier alpha value is -3.62. The van der Waals surface area contributed by atoms with Crippen LogP contribution in [0.1, 0.15) is 29.1 Å². The molecule has 0 spiro atoms. The zero-order valence-corrected chi connectivity index (χ0v) is 20.6. The number of hydrogen-bond acceptors (Lipinski definition) is 5. The zero-order valence-electron chi connectivity index (χ0n) is 19.1. The first kappa shape index (κ1) is 24.5. The predicted molar refractivity (Wildman–Crippen MR) is 141 cm³/mol. The Morgan fingerprint density at radius 1 is 1.09 bits per heavy atom. The monoisotopic (exact) mass is 505 g/mol. The van der Waals surface area contributed by atoms with Crippen molar-refractivity contribution in [2.45, 2.75) is 24.7 Å². The van der Waals surface area contributed by atoms with E-state index in [2.05, 4.69) is 27.4 Å². The largest absolute Gasteiger partial charge is 0.342 e. The van der Waals surface area contributed by atoms with E-state index in [9.17, 15) is 9.59 Å². The van der Waals surface area contributed by atoms with Gasteiger partial charge in [-0.3, -0.25) is 9.59 Å². The van der Waals surface area contributed by atoms with Crippen LogP contribution in [0.15, 0.2) is 84.5 Å². The van der Waals surface area contributed by atoms with Gasteiger partial charge in [0.15, 0.2) is 11.0 Å². The molecule has 4 aromatic rings. The smallest absolute Gasteiger partial charge is 0.253 e. The number of anilines is 1. The normalized spacial score (nSPS) is 11.7. The van der Waals surface area contributed by atoms with E-state index >= 15 is 0 Å². The first-order valence-electron chi connectivity index (χ1n) is 11.0. The van der Waals surface area contributed by atoms with Gasteiger partial charge in [-0.2, -0.15) is 0 Å². The van der Waals surface area contributed by atoms with E-state index in [0.29, 0.717) is 28.1 Å². The third kappa shape index (κ3) is 5.72. The van der Waals surface area contributed by atoms with E-state index in [1.54, 1.807) is 30.3 Å². The van der Waals surface area contributed by atoms with Crippen molar-refractivity contribution in [3.63, 3.8) is 0 Å². The van der Waals surface area contributed by atoms with E-state index in [0.717, 1.165) is 16.5 Å². The summed E-state index contributed by atoms with van der Waals surface area (Å²) in [7, 11) is 0. The van der Waals surface area contributed by atoms with Crippen molar-refractivity contribution in [3.05, 3.63) is 95.8 Å². The highest BCUT2D eigenvalue weighted by Crippen LogP contribution is 2.25. The summed E-state index contributed by atoms with van der Waals surface area (Å²) in [5.41, 5.74) is 1.15. The van der Waals surface area contributed by atoms with Crippen molar-refractivity contribution >= 4 is 51.6 Å². The molecule has 7 nitrogen and oxygen atoms in total. The number of rotatable bonds is 9. The maximum absolute atomic E-state index is 12.7. The Labute approximate surface area is 212 Å². The standard InChI is InChI=1S/C26H24ClN5O2S/c1-3-15-32-24(17(2)28-25(34)20-12-6-7-13-21(20)27)30-31-26(32)35-16-23(33)29-22-14-8-10-18-9-4-5-11-19(18)22/h3-14,17H,1,15-16H2,2H3,(H,28,34)(H,29,33)/t17-/m0/s1.